The lowest BCUT2D eigenvalue weighted by atomic mass is 9.68. The van der Waals surface area contributed by atoms with Crippen LogP contribution in [0.2, 0.25) is 0 Å². The van der Waals surface area contributed by atoms with Crippen LogP contribution in [-0.2, 0) is 5.41 Å². The lowest BCUT2D eigenvalue weighted by molar-refractivity contribution is 0.778. The van der Waals surface area contributed by atoms with Gasteiger partial charge in [-0.1, -0.05) is 154 Å². The molecule has 0 saturated carbocycles. The van der Waals surface area contributed by atoms with E-state index in [1.807, 2.05) is 67.5 Å². The van der Waals surface area contributed by atoms with E-state index in [1.165, 1.54) is 44.5 Å². The number of hydrogen-bond donors (Lipinski definition) is 0. The minimum atomic E-state index is -0.320. The van der Waals surface area contributed by atoms with E-state index in [0.29, 0.717) is 0 Å². The summed E-state index contributed by atoms with van der Waals surface area (Å²) in [4.78, 5) is 0. The lowest BCUT2D eigenvalue weighted by Gasteiger charge is -2.32. The Bertz CT molecular complexity index is 979. The van der Waals surface area contributed by atoms with Crippen molar-refractivity contribution in [2.45, 2.75) is 74.7 Å². The van der Waals surface area contributed by atoms with Gasteiger partial charge in [0.15, 0.2) is 0 Å². The van der Waals surface area contributed by atoms with E-state index in [1.54, 1.807) is 0 Å². The van der Waals surface area contributed by atoms with Gasteiger partial charge in [0.2, 0.25) is 0 Å². The SMILES string of the molecule is C=CC1=C(/C=C\C)C2(C(/C=C\C)=C1C=C)c1ccccc1-c1ccccc12.CC.CC.CC.CC. The maximum absolute atomic E-state index is 4.14. The standard InChI is InChI=1S/C27H24.4C2H6/c1-5-13-23-19(7-3)20(8-4)24(14-6-2)27(23)25-17-11-9-15-21(25)22-16-10-12-18-26(22)27;4*1-2/h5-18H,3-4H2,1-2H3;4*1-2H3/b13-5-,14-6-;;;;. The van der Waals surface area contributed by atoms with Crippen molar-refractivity contribution in [3.8, 4) is 11.1 Å². The second-order valence-corrected chi connectivity index (χ2v) is 6.90. The van der Waals surface area contributed by atoms with Crippen LogP contribution >= 0.6 is 0 Å². The van der Waals surface area contributed by atoms with Crippen molar-refractivity contribution in [3.05, 3.63) is 132 Å². The van der Waals surface area contributed by atoms with E-state index in [9.17, 15) is 0 Å². The van der Waals surface area contributed by atoms with Crippen LogP contribution in [0.4, 0.5) is 0 Å². The molecule has 0 heteroatoms. The molecule has 0 fully saturated rings. The molecule has 0 radical (unpaired) electrons. The van der Waals surface area contributed by atoms with Gasteiger partial charge in [0.1, 0.15) is 0 Å². The minimum absolute atomic E-state index is 0.320. The Labute approximate surface area is 217 Å². The van der Waals surface area contributed by atoms with Gasteiger partial charge in [-0.15, -0.1) is 0 Å². The number of rotatable bonds is 4. The van der Waals surface area contributed by atoms with Gasteiger partial charge in [-0.2, -0.15) is 0 Å². The highest BCUT2D eigenvalue weighted by atomic mass is 14.5. The zero-order valence-electron chi connectivity index (χ0n) is 24.0. The van der Waals surface area contributed by atoms with Gasteiger partial charge >= 0.3 is 0 Å². The van der Waals surface area contributed by atoms with Crippen molar-refractivity contribution in [2.75, 3.05) is 0 Å². The number of benzene rings is 2. The fraction of sp³-hybridized carbons (Fsp3) is 0.314. The molecule has 35 heavy (non-hydrogen) atoms. The molecule has 4 rings (SSSR count). The predicted molar refractivity (Wildman–Crippen MR) is 162 cm³/mol. The maximum atomic E-state index is 4.14. The first-order valence-corrected chi connectivity index (χ1v) is 13.4. The van der Waals surface area contributed by atoms with Crippen LogP contribution in [0.5, 0.6) is 0 Å². The summed E-state index contributed by atoms with van der Waals surface area (Å²) < 4.78 is 0. The van der Waals surface area contributed by atoms with Crippen LogP contribution in [0.1, 0.15) is 80.4 Å². The lowest BCUT2D eigenvalue weighted by Crippen LogP contribution is -2.27. The van der Waals surface area contributed by atoms with Gasteiger partial charge in [-0.05, 0) is 58.4 Å². The Morgan fingerprint density at radius 2 is 0.857 bits per heavy atom. The van der Waals surface area contributed by atoms with E-state index in [4.69, 9.17) is 0 Å². The maximum Gasteiger partial charge on any atom is 0.0725 e. The van der Waals surface area contributed by atoms with Crippen molar-refractivity contribution in [1.29, 1.82) is 0 Å². The zero-order valence-corrected chi connectivity index (χ0v) is 24.0. The summed E-state index contributed by atoms with van der Waals surface area (Å²) >= 11 is 0. The van der Waals surface area contributed by atoms with E-state index in [-0.39, 0.29) is 5.41 Å². The molecule has 2 aliphatic carbocycles. The van der Waals surface area contributed by atoms with Crippen molar-refractivity contribution in [2.24, 2.45) is 0 Å². The van der Waals surface area contributed by atoms with Crippen molar-refractivity contribution >= 4 is 0 Å². The molecule has 2 aromatic carbocycles. The first-order valence-electron chi connectivity index (χ1n) is 13.4. The van der Waals surface area contributed by atoms with Crippen molar-refractivity contribution < 1.29 is 0 Å². The van der Waals surface area contributed by atoms with Gasteiger partial charge in [0, 0.05) is 0 Å². The molecule has 0 N–H and O–H groups in total. The summed E-state index contributed by atoms with van der Waals surface area (Å²) in [5, 5.41) is 0. The van der Waals surface area contributed by atoms with Gasteiger partial charge in [-0.3, -0.25) is 0 Å². The Morgan fingerprint density at radius 3 is 1.14 bits per heavy atom. The normalized spacial score (nSPS) is 14.0. The van der Waals surface area contributed by atoms with Crippen LogP contribution < -0.4 is 0 Å². The zero-order chi connectivity index (χ0) is 27.0. The summed E-state index contributed by atoms with van der Waals surface area (Å²) in [7, 11) is 0. The van der Waals surface area contributed by atoms with Gasteiger partial charge in [0.25, 0.3) is 0 Å². The first-order chi connectivity index (χ1) is 17.2. The molecule has 0 heterocycles. The smallest absolute Gasteiger partial charge is 0.0725 e. The van der Waals surface area contributed by atoms with E-state index in [0.717, 1.165) is 0 Å². The fourth-order valence-electron chi connectivity index (χ4n) is 4.86. The van der Waals surface area contributed by atoms with E-state index in [2.05, 4.69) is 99.8 Å². The second-order valence-electron chi connectivity index (χ2n) is 6.90. The molecule has 2 aliphatic rings. The summed E-state index contributed by atoms with van der Waals surface area (Å²) in [6.45, 7) is 28.4. The van der Waals surface area contributed by atoms with Crippen LogP contribution in [0, 0.1) is 0 Å². The fourth-order valence-corrected chi connectivity index (χ4v) is 4.86. The van der Waals surface area contributed by atoms with Crippen molar-refractivity contribution in [1.82, 2.24) is 0 Å². The van der Waals surface area contributed by atoms with Crippen LogP contribution in [0.15, 0.2) is 120 Å². The molecule has 0 aromatic heterocycles. The van der Waals surface area contributed by atoms with Crippen LogP contribution in [0.3, 0.4) is 0 Å². The molecule has 0 aliphatic heterocycles. The third kappa shape index (κ3) is 5.43. The highest BCUT2D eigenvalue weighted by Crippen LogP contribution is 2.61. The van der Waals surface area contributed by atoms with E-state index >= 15 is 0 Å². The third-order valence-electron chi connectivity index (χ3n) is 5.71. The summed E-state index contributed by atoms with van der Waals surface area (Å²) in [5.74, 6) is 0. The highest BCUT2D eigenvalue weighted by molar-refractivity contribution is 5.90. The highest BCUT2D eigenvalue weighted by Gasteiger charge is 2.51. The van der Waals surface area contributed by atoms with Gasteiger partial charge in [0.05, 0.1) is 5.41 Å². The Balaban J connectivity index is 0.00000132. The third-order valence-corrected chi connectivity index (χ3v) is 5.71. The van der Waals surface area contributed by atoms with Crippen molar-refractivity contribution in [3.63, 3.8) is 0 Å². The Kier molecular flexibility index (Phi) is 15.0. The molecule has 0 atom stereocenters. The average molecular weight is 469 g/mol. The molecule has 0 amide bonds. The number of fused-ring (bicyclic) bond motifs is 5. The molecule has 0 bridgehead atoms. The largest absolute Gasteiger partial charge is 0.0984 e. The topological polar surface area (TPSA) is 0 Å². The quantitative estimate of drug-likeness (QED) is 0.418. The molecule has 0 unspecified atom stereocenters. The molecular weight excluding hydrogens is 420 g/mol. The molecule has 0 nitrogen and oxygen atoms in total. The van der Waals surface area contributed by atoms with Crippen LogP contribution in [-0.4, -0.2) is 0 Å². The second kappa shape index (κ2) is 16.5. The Hall–Kier alpha value is -3.12. The average Bonchev–Trinajstić information content (AvgIpc) is 3.39. The Morgan fingerprint density at radius 1 is 0.543 bits per heavy atom. The molecule has 1 spiro atoms. The number of allylic oxidation sites excluding steroid dienone is 10. The summed E-state index contributed by atoms with van der Waals surface area (Å²) in [6.07, 6.45) is 12.7. The molecular formula is C35H48. The molecule has 188 valence electrons. The monoisotopic (exact) mass is 468 g/mol. The molecule has 2 aromatic rings. The summed E-state index contributed by atoms with van der Waals surface area (Å²) in [6, 6.07) is 17.6. The summed E-state index contributed by atoms with van der Waals surface area (Å²) in [5.41, 5.74) is 9.87. The first kappa shape index (κ1) is 31.9. The van der Waals surface area contributed by atoms with Crippen LogP contribution in [0.25, 0.3) is 11.1 Å². The minimum Gasteiger partial charge on any atom is -0.0984 e. The van der Waals surface area contributed by atoms with E-state index < -0.39 is 0 Å². The number of hydrogen-bond acceptors (Lipinski definition) is 0. The molecule has 0 saturated heterocycles. The van der Waals surface area contributed by atoms with Gasteiger partial charge in [-0.25, -0.2) is 0 Å². The predicted octanol–water partition coefficient (Wildman–Crippen LogP) is 11.2. The van der Waals surface area contributed by atoms with Gasteiger partial charge < -0.3 is 0 Å².